The first-order valence-electron chi connectivity index (χ1n) is 6.27. The van der Waals surface area contributed by atoms with Crippen molar-refractivity contribution in [2.75, 3.05) is 18.0 Å². The fourth-order valence-electron chi connectivity index (χ4n) is 2.42. The Morgan fingerprint density at radius 2 is 2.12 bits per heavy atom. The summed E-state index contributed by atoms with van der Waals surface area (Å²) >= 11 is 0. The summed E-state index contributed by atoms with van der Waals surface area (Å²) in [6.45, 7) is 6.55. The van der Waals surface area contributed by atoms with Gasteiger partial charge in [-0.15, -0.1) is 0 Å². The maximum Gasteiger partial charge on any atom is 0.0889 e. The molecule has 3 heteroatoms. The second-order valence-electron chi connectivity index (χ2n) is 5.01. The van der Waals surface area contributed by atoms with Gasteiger partial charge in [0.2, 0.25) is 0 Å². The highest BCUT2D eigenvalue weighted by atomic mass is 16.4. The predicted octanol–water partition coefficient (Wildman–Crippen LogP) is 3.12. The van der Waals surface area contributed by atoms with Crippen LogP contribution in [0.25, 0.3) is 0 Å². The molecule has 1 aliphatic heterocycles. The molecule has 0 spiro atoms. The predicted molar refractivity (Wildman–Crippen MR) is 71.1 cm³/mol. The van der Waals surface area contributed by atoms with Crippen LogP contribution < -0.4 is 4.90 Å². The van der Waals surface area contributed by atoms with Gasteiger partial charge in [-0.2, -0.15) is 0 Å². The minimum atomic E-state index is 0.635. The highest BCUT2D eigenvalue weighted by Gasteiger charge is 2.19. The van der Waals surface area contributed by atoms with E-state index in [9.17, 15) is 0 Å². The average molecular weight is 232 g/mol. The zero-order chi connectivity index (χ0) is 12.3. The Labute approximate surface area is 103 Å². The number of anilines is 1. The lowest BCUT2D eigenvalue weighted by molar-refractivity contribution is 0.318. The monoisotopic (exact) mass is 232 g/mol. The maximum atomic E-state index is 9.10. The zero-order valence-corrected chi connectivity index (χ0v) is 10.6. The summed E-state index contributed by atoms with van der Waals surface area (Å²) in [6.07, 6.45) is 1.89. The molecule has 2 rings (SSSR count). The van der Waals surface area contributed by atoms with Crippen LogP contribution in [0.5, 0.6) is 0 Å². The van der Waals surface area contributed by atoms with Crippen molar-refractivity contribution in [3.05, 3.63) is 29.8 Å². The lowest BCUT2D eigenvalue weighted by Crippen LogP contribution is -2.28. The van der Waals surface area contributed by atoms with Crippen molar-refractivity contribution in [3.8, 4) is 0 Å². The number of hydrogen-bond acceptors (Lipinski definition) is 3. The summed E-state index contributed by atoms with van der Waals surface area (Å²) in [5.41, 5.74) is 3.09. The van der Waals surface area contributed by atoms with Gasteiger partial charge in [-0.05, 0) is 24.8 Å². The Morgan fingerprint density at radius 3 is 2.82 bits per heavy atom. The van der Waals surface area contributed by atoms with E-state index in [1.807, 2.05) is 18.2 Å². The summed E-state index contributed by atoms with van der Waals surface area (Å²) in [4.78, 5) is 2.40. The molecular formula is C14H20N2O. The van der Waals surface area contributed by atoms with E-state index in [1.54, 1.807) is 0 Å². The number of hydrogen-bond donors (Lipinski definition) is 1. The van der Waals surface area contributed by atoms with Crippen molar-refractivity contribution in [1.82, 2.24) is 0 Å². The van der Waals surface area contributed by atoms with Crippen molar-refractivity contribution in [1.29, 1.82) is 0 Å². The normalized spacial score (nSPS) is 18.3. The molecule has 0 unspecified atom stereocenters. The van der Waals surface area contributed by atoms with Crippen LogP contribution in [0.4, 0.5) is 5.69 Å². The van der Waals surface area contributed by atoms with Gasteiger partial charge in [-0.1, -0.05) is 37.2 Å². The van der Waals surface area contributed by atoms with Gasteiger partial charge < -0.3 is 10.1 Å². The molecule has 0 fully saturated rings. The van der Waals surface area contributed by atoms with E-state index in [2.05, 4.69) is 30.0 Å². The summed E-state index contributed by atoms with van der Waals surface area (Å²) in [6, 6.07) is 8.21. The quantitative estimate of drug-likeness (QED) is 0.628. The van der Waals surface area contributed by atoms with E-state index in [0.29, 0.717) is 5.92 Å². The van der Waals surface area contributed by atoms with Crippen LogP contribution in [0.2, 0.25) is 0 Å². The molecule has 0 saturated heterocycles. The SMILES string of the molecule is CC(C)CN1CCC/C(=N/O)c2ccccc21. The largest absolute Gasteiger partial charge is 0.411 e. The Balaban J connectivity index is 2.39. The molecular weight excluding hydrogens is 212 g/mol. The third-order valence-electron chi connectivity index (χ3n) is 3.10. The fraction of sp³-hybridized carbons (Fsp3) is 0.500. The van der Waals surface area contributed by atoms with Crippen LogP contribution >= 0.6 is 0 Å². The van der Waals surface area contributed by atoms with Crippen molar-refractivity contribution in [2.24, 2.45) is 11.1 Å². The van der Waals surface area contributed by atoms with Gasteiger partial charge in [-0.3, -0.25) is 0 Å². The van der Waals surface area contributed by atoms with Gasteiger partial charge in [0.25, 0.3) is 0 Å². The molecule has 0 radical (unpaired) electrons. The number of oxime groups is 1. The number of benzene rings is 1. The second-order valence-corrected chi connectivity index (χ2v) is 5.01. The summed E-state index contributed by atoms with van der Waals surface area (Å²) < 4.78 is 0. The minimum absolute atomic E-state index is 0.635. The topological polar surface area (TPSA) is 35.8 Å². The molecule has 1 N–H and O–H groups in total. The zero-order valence-electron chi connectivity index (χ0n) is 10.6. The molecule has 0 aromatic heterocycles. The van der Waals surface area contributed by atoms with Crippen molar-refractivity contribution < 1.29 is 5.21 Å². The van der Waals surface area contributed by atoms with E-state index in [-0.39, 0.29) is 0 Å². The van der Waals surface area contributed by atoms with E-state index < -0.39 is 0 Å². The minimum Gasteiger partial charge on any atom is -0.411 e. The number of para-hydroxylation sites is 1. The molecule has 3 nitrogen and oxygen atoms in total. The molecule has 0 amide bonds. The summed E-state index contributed by atoms with van der Waals surface area (Å²) in [7, 11) is 0. The molecule has 0 bridgehead atoms. The van der Waals surface area contributed by atoms with Crippen LogP contribution in [0.15, 0.2) is 29.4 Å². The summed E-state index contributed by atoms with van der Waals surface area (Å²) in [5, 5.41) is 12.6. The maximum absolute atomic E-state index is 9.10. The third kappa shape index (κ3) is 2.60. The lowest BCUT2D eigenvalue weighted by atomic mass is 10.1. The van der Waals surface area contributed by atoms with E-state index in [4.69, 9.17) is 5.21 Å². The van der Waals surface area contributed by atoms with Crippen LogP contribution in [-0.4, -0.2) is 24.0 Å². The molecule has 1 aliphatic rings. The van der Waals surface area contributed by atoms with Crippen LogP contribution in [-0.2, 0) is 0 Å². The smallest absolute Gasteiger partial charge is 0.0889 e. The molecule has 0 aliphatic carbocycles. The van der Waals surface area contributed by atoms with Crippen molar-refractivity contribution in [3.63, 3.8) is 0 Å². The first kappa shape index (κ1) is 12.0. The Kier molecular flexibility index (Phi) is 3.67. The number of fused-ring (bicyclic) bond motifs is 1. The first-order valence-corrected chi connectivity index (χ1v) is 6.27. The van der Waals surface area contributed by atoms with Gasteiger partial charge in [0, 0.05) is 24.3 Å². The average Bonchev–Trinajstić information content (AvgIpc) is 2.49. The van der Waals surface area contributed by atoms with E-state index >= 15 is 0 Å². The first-order chi connectivity index (χ1) is 8.22. The molecule has 1 heterocycles. The van der Waals surface area contributed by atoms with Crippen molar-refractivity contribution >= 4 is 11.4 Å². The molecule has 1 aromatic rings. The second kappa shape index (κ2) is 5.21. The standard InChI is InChI=1S/C14H20N2O/c1-11(2)10-16-9-5-7-13(15-17)12-6-3-4-8-14(12)16/h3-4,6,8,11,17H,5,7,9-10H2,1-2H3/b15-13-. The molecule has 0 saturated carbocycles. The molecule has 1 aromatic carbocycles. The van der Waals surface area contributed by atoms with Crippen LogP contribution in [0, 0.1) is 5.92 Å². The number of nitrogens with zero attached hydrogens (tertiary/aromatic N) is 2. The van der Waals surface area contributed by atoms with Gasteiger partial charge >= 0.3 is 0 Å². The van der Waals surface area contributed by atoms with Crippen LogP contribution in [0.3, 0.4) is 0 Å². The highest BCUT2D eigenvalue weighted by molar-refractivity contribution is 6.05. The van der Waals surface area contributed by atoms with Crippen LogP contribution in [0.1, 0.15) is 32.3 Å². The fourth-order valence-corrected chi connectivity index (χ4v) is 2.42. The highest BCUT2D eigenvalue weighted by Crippen LogP contribution is 2.27. The Morgan fingerprint density at radius 1 is 1.35 bits per heavy atom. The van der Waals surface area contributed by atoms with Gasteiger partial charge in [0.15, 0.2) is 0 Å². The van der Waals surface area contributed by atoms with E-state index in [0.717, 1.165) is 37.2 Å². The molecule has 0 atom stereocenters. The van der Waals surface area contributed by atoms with Gasteiger partial charge in [0.1, 0.15) is 0 Å². The van der Waals surface area contributed by atoms with Gasteiger partial charge in [-0.25, -0.2) is 0 Å². The lowest BCUT2D eigenvalue weighted by Gasteiger charge is -2.26. The molecule has 92 valence electrons. The third-order valence-corrected chi connectivity index (χ3v) is 3.10. The van der Waals surface area contributed by atoms with E-state index in [1.165, 1.54) is 5.69 Å². The number of rotatable bonds is 2. The summed E-state index contributed by atoms with van der Waals surface area (Å²) in [5.74, 6) is 0.635. The Hall–Kier alpha value is -1.51. The van der Waals surface area contributed by atoms with Gasteiger partial charge in [0.05, 0.1) is 5.71 Å². The molecule has 17 heavy (non-hydrogen) atoms. The van der Waals surface area contributed by atoms with Crippen molar-refractivity contribution in [2.45, 2.75) is 26.7 Å². The Bertz CT molecular complexity index is 412.